The summed E-state index contributed by atoms with van der Waals surface area (Å²) in [6.45, 7) is 6.79. The zero-order valence-electron chi connectivity index (χ0n) is 21.0. The second-order valence-corrected chi connectivity index (χ2v) is 8.66. The zero-order chi connectivity index (χ0) is 25.2. The van der Waals surface area contributed by atoms with E-state index < -0.39 is 6.04 Å². The van der Waals surface area contributed by atoms with Gasteiger partial charge in [0, 0.05) is 44.4 Å². The fourth-order valence-electron chi connectivity index (χ4n) is 3.66. The molecule has 2 aromatic carbocycles. The van der Waals surface area contributed by atoms with Gasteiger partial charge in [-0.1, -0.05) is 18.2 Å². The number of para-hydroxylation sites is 1. The molecule has 0 aliphatic heterocycles. The largest absolute Gasteiger partial charge is 0.457 e. The molecule has 0 radical (unpaired) electrons. The first-order chi connectivity index (χ1) is 16.9. The fourth-order valence-corrected chi connectivity index (χ4v) is 3.66. The Morgan fingerprint density at radius 1 is 1.09 bits per heavy atom. The third-order valence-electron chi connectivity index (χ3n) is 5.63. The molecule has 0 fully saturated rings. The Hall–Kier alpha value is -3.20. The lowest BCUT2D eigenvalue weighted by atomic mass is 10.1. The monoisotopic (exact) mass is 480 g/mol. The molecule has 35 heavy (non-hydrogen) atoms. The maximum Gasteiger partial charge on any atom is 0.255 e. The summed E-state index contributed by atoms with van der Waals surface area (Å²) in [5.41, 5.74) is 1.27. The van der Waals surface area contributed by atoms with Crippen molar-refractivity contribution < 1.29 is 14.3 Å². The lowest BCUT2D eigenvalue weighted by Crippen LogP contribution is -2.44. The van der Waals surface area contributed by atoms with Gasteiger partial charge in [0.05, 0.1) is 18.2 Å². The predicted molar refractivity (Wildman–Crippen MR) is 139 cm³/mol. The van der Waals surface area contributed by atoms with E-state index in [1.165, 1.54) is 0 Å². The highest BCUT2D eigenvalue weighted by molar-refractivity contribution is 5.82. The Balaban J connectivity index is 1.81. The van der Waals surface area contributed by atoms with E-state index in [0.717, 1.165) is 23.2 Å². The van der Waals surface area contributed by atoms with Crippen LogP contribution in [0.3, 0.4) is 0 Å². The molecule has 2 N–H and O–H groups in total. The Bertz CT molecular complexity index is 1160. The number of fused-ring (bicyclic) bond motifs is 1. The van der Waals surface area contributed by atoms with Gasteiger partial charge in [-0.05, 0) is 63.7 Å². The van der Waals surface area contributed by atoms with E-state index in [0.29, 0.717) is 37.6 Å². The number of nitrogens with one attached hydrogen (secondary N) is 2. The molecule has 0 saturated heterocycles. The normalized spacial score (nSPS) is 12.1. The molecule has 0 bridgehead atoms. The van der Waals surface area contributed by atoms with Crippen molar-refractivity contribution in [3.63, 3.8) is 0 Å². The number of ether oxygens (including phenoxy) is 2. The lowest BCUT2D eigenvalue weighted by Gasteiger charge is -2.17. The van der Waals surface area contributed by atoms with Crippen molar-refractivity contribution in [2.45, 2.75) is 33.0 Å². The maximum atomic E-state index is 13.4. The van der Waals surface area contributed by atoms with Crippen LogP contribution in [0.2, 0.25) is 0 Å². The number of benzene rings is 2. The topological polar surface area (TPSA) is 84.8 Å². The van der Waals surface area contributed by atoms with Gasteiger partial charge in [-0.25, -0.2) is 0 Å². The molecule has 8 nitrogen and oxygen atoms in total. The first kappa shape index (κ1) is 26.4. The van der Waals surface area contributed by atoms with Gasteiger partial charge >= 0.3 is 0 Å². The number of nitrogens with zero attached hydrogens (tertiary/aromatic N) is 2. The highest BCUT2D eigenvalue weighted by atomic mass is 16.5. The number of pyridine rings is 1. The van der Waals surface area contributed by atoms with Gasteiger partial charge in [0.15, 0.2) is 0 Å². The summed E-state index contributed by atoms with van der Waals surface area (Å²) in [6.07, 6.45) is 0. The van der Waals surface area contributed by atoms with Gasteiger partial charge in [0.25, 0.3) is 5.56 Å². The van der Waals surface area contributed by atoms with Crippen LogP contribution in [0.5, 0.6) is 11.5 Å². The van der Waals surface area contributed by atoms with E-state index in [2.05, 4.69) is 10.6 Å². The van der Waals surface area contributed by atoms with Crippen molar-refractivity contribution in [2.75, 3.05) is 40.4 Å². The van der Waals surface area contributed by atoms with Crippen LogP contribution in [-0.2, 0) is 22.6 Å². The summed E-state index contributed by atoms with van der Waals surface area (Å²) in [6, 6.07) is 16.7. The van der Waals surface area contributed by atoms with E-state index in [-0.39, 0.29) is 18.0 Å². The van der Waals surface area contributed by atoms with Gasteiger partial charge in [0.2, 0.25) is 5.91 Å². The van der Waals surface area contributed by atoms with Crippen LogP contribution in [0.4, 0.5) is 0 Å². The molecule has 0 saturated carbocycles. The van der Waals surface area contributed by atoms with Gasteiger partial charge in [-0.2, -0.15) is 0 Å². The van der Waals surface area contributed by atoms with E-state index in [1.54, 1.807) is 11.5 Å². The first-order valence-corrected chi connectivity index (χ1v) is 12.0. The van der Waals surface area contributed by atoms with Crippen molar-refractivity contribution >= 4 is 16.8 Å². The Morgan fingerprint density at radius 2 is 1.86 bits per heavy atom. The SMILES string of the molecule is CCOCCn1c(=O)c(CN[C@@H](C)C(=O)NCCN(C)C)cc2ccc(Oc3ccccc3)cc21. The van der Waals surface area contributed by atoms with Gasteiger partial charge < -0.3 is 29.6 Å². The van der Waals surface area contributed by atoms with Crippen LogP contribution in [0, 0.1) is 0 Å². The number of aromatic nitrogens is 1. The molecular formula is C27H36N4O4. The molecule has 8 heteroatoms. The van der Waals surface area contributed by atoms with E-state index >= 15 is 0 Å². The van der Waals surface area contributed by atoms with Crippen molar-refractivity contribution in [1.29, 1.82) is 0 Å². The summed E-state index contributed by atoms with van der Waals surface area (Å²) in [7, 11) is 3.92. The summed E-state index contributed by atoms with van der Waals surface area (Å²) >= 11 is 0. The Kier molecular flexibility index (Phi) is 9.84. The van der Waals surface area contributed by atoms with Crippen LogP contribution in [0.15, 0.2) is 59.4 Å². The van der Waals surface area contributed by atoms with Crippen molar-refractivity contribution in [2.24, 2.45) is 0 Å². The molecule has 1 heterocycles. The van der Waals surface area contributed by atoms with E-state index in [9.17, 15) is 9.59 Å². The zero-order valence-corrected chi connectivity index (χ0v) is 21.0. The third-order valence-corrected chi connectivity index (χ3v) is 5.63. The minimum absolute atomic E-state index is 0.0907. The second kappa shape index (κ2) is 13.0. The minimum atomic E-state index is -0.425. The van der Waals surface area contributed by atoms with E-state index in [1.807, 2.05) is 80.5 Å². The van der Waals surface area contributed by atoms with Gasteiger partial charge in [-0.3, -0.25) is 9.59 Å². The average molecular weight is 481 g/mol. The summed E-state index contributed by atoms with van der Waals surface area (Å²) in [4.78, 5) is 27.8. The van der Waals surface area contributed by atoms with Gasteiger partial charge in [0.1, 0.15) is 11.5 Å². The summed E-state index contributed by atoms with van der Waals surface area (Å²) in [5.74, 6) is 1.29. The molecule has 1 amide bonds. The standard InChI is InChI=1S/C27H36N4O4/c1-5-34-16-15-31-25-18-24(35-23-9-7-6-8-10-23)12-11-21(25)17-22(27(31)33)19-29-20(2)26(32)28-13-14-30(3)4/h6-12,17-18,20,29H,5,13-16,19H2,1-4H3,(H,28,32)/t20-/m0/s1. The number of carbonyl (C=O) groups is 1. The smallest absolute Gasteiger partial charge is 0.255 e. The first-order valence-electron chi connectivity index (χ1n) is 12.0. The third kappa shape index (κ3) is 7.65. The number of rotatable bonds is 13. The second-order valence-electron chi connectivity index (χ2n) is 8.66. The molecular weight excluding hydrogens is 444 g/mol. The van der Waals surface area contributed by atoms with Crippen LogP contribution < -0.4 is 20.9 Å². The van der Waals surface area contributed by atoms with Crippen LogP contribution >= 0.6 is 0 Å². The number of hydrogen-bond acceptors (Lipinski definition) is 6. The molecule has 0 aliphatic rings. The average Bonchev–Trinajstić information content (AvgIpc) is 2.84. The molecule has 3 aromatic rings. The predicted octanol–water partition coefficient (Wildman–Crippen LogP) is 2.99. The molecule has 0 unspecified atom stereocenters. The molecule has 188 valence electrons. The van der Waals surface area contributed by atoms with E-state index in [4.69, 9.17) is 9.47 Å². The van der Waals surface area contributed by atoms with Crippen LogP contribution in [0.1, 0.15) is 19.4 Å². The number of likely N-dealkylation sites (N-methyl/N-ethyl adjacent to an activating group) is 1. The quantitative estimate of drug-likeness (QED) is 0.366. The Labute approximate surface area is 206 Å². The fraction of sp³-hybridized carbons (Fsp3) is 0.407. The molecule has 0 aliphatic carbocycles. The van der Waals surface area contributed by atoms with Crippen LogP contribution in [0.25, 0.3) is 10.9 Å². The van der Waals surface area contributed by atoms with Gasteiger partial charge in [-0.15, -0.1) is 0 Å². The maximum absolute atomic E-state index is 13.4. The molecule has 3 rings (SSSR count). The lowest BCUT2D eigenvalue weighted by molar-refractivity contribution is -0.122. The van der Waals surface area contributed by atoms with Crippen LogP contribution in [-0.4, -0.2) is 61.8 Å². The molecule has 1 aromatic heterocycles. The highest BCUT2D eigenvalue weighted by Crippen LogP contribution is 2.25. The Morgan fingerprint density at radius 3 is 2.57 bits per heavy atom. The highest BCUT2D eigenvalue weighted by Gasteiger charge is 2.15. The molecule has 0 spiro atoms. The number of hydrogen-bond donors (Lipinski definition) is 2. The van der Waals surface area contributed by atoms with Crippen molar-refractivity contribution in [3.05, 3.63) is 70.5 Å². The summed E-state index contributed by atoms with van der Waals surface area (Å²) in [5, 5.41) is 7.01. The van der Waals surface area contributed by atoms with Crippen molar-refractivity contribution in [3.8, 4) is 11.5 Å². The molecule has 1 atom stereocenters. The minimum Gasteiger partial charge on any atom is -0.457 e. The van der Waals surface area contributed by atoms with Crippen molar-refractivity contribution in [1.82, 2.24) is 20.1 Å². The number of amides is 1. The number of carbonyl (C=O) groups excluding carboxylic acids is 1. The summed E-state index contributed by atoms with van der Waals surface area (Å²) < 4.78 is 13.2.